The molecule has 0 unspecified atom stereocenters. The van der Waals surface area contributed by atoms with Gasteiger partial charge in [-0.15, -0.1) is 0 Å². The second-order valence-electron chi connectivity index (χ2n) is 10.3. The fourth-order valence-corrected chi connectivity index (χ4v) is 5.85. The van der Waals surface area contributed by atoms with Crippen molar-refractivity contribution in [3.05, 3.63) is 70.8 Å². The molecule has 176 valence electrons. The summed E-state index contributed by atoms with van der Waals surface area (Å²) in [5.41, 5.74) is 9.37. The molecule has 1 aliphatic rings. The minimum absolute atomic E-state index is 1.10. The zero-order chi connectivity index (χ0) is 22.9. The Morgan fingerprint density at radius 2 is 1.21 bits per heavy atom. The van der Waals surface area contributed by atoms with E-state index in [1.807, 2.05) is 0 Å². The van der Waals surface area contributed by atoms with E-state index in [4.69, 9.17) is 0 Å². The van der Waals surface area contributed by atoms with E-state index in [0.29, 0.717) is 0 Å². The quantitative estimate of drug-likeness (QED) is 0.171. The van der Waals surface area contributed by atoms with Crippen molar-refractivity contribution in [2.75, 3.05) is 0 Å². The molecule has 0 saturated heterocycles. The maximum atomic E-state index is 2.47. The highest BCUT2D eigenvalue weighted by Crippen LogP contribution is 2.43. The molecule has 1 aliphatic carbocycles. The number of unbranched alkanes of at least 4 members (excludes halogenated alkanes) is 10. The zero-order valence-electron chi connectivity index (χ0n) is 21.2. The largest absolute Gasteiger partial charge is 0.0654 e. The first-order chi connectivity index (χ1) is 16.3. The number of rotatable bonds is 14. The maximum Gasteiger partial charge on any atom is -0.00132 e. The number of hydrogen-bond acceptors (Lipinski definition) is 0. The Morgan fingerprint density at radius 1 is 0.576 bits per heavy atom. The Balaban J connectivity index is 1.61. The SMILES string of the molecule is CCCCCCCCc1ccc2ccc3c(c2c1CCCCCCCC)-c1ccccc1C3. The first-order valence-electron chi connectivity index (χ1n) is 14.0. The van der Waals surface area contributed by atoms with Crippen LogP contribution in [0, 0.1) is 0 Å². The Hall–Kier alpha value is -2.08. The van der Waals surface area contributed by atoms with Crippen molar-refractivity contribution >= 4 is 10.8 Å². The van der Waals surface area contributed by atoms with Crippen molar-refractivity contribution in [2.24, 2.45) is 0 Å². The fourth-order valence-electron chi connectivity index (χ4n) is 5.85. The molecule has 0 aliphatic heterocycles. The second-order valence-corrected chi connectivity index (χ2v) is 10.3. The monoisotopic (exact) mass is 440 g/mol. The van der Waals surface area contributed by atoms with Gasteiger partial charge in [-0.2, -0.15) is 0 Å². The molecule has 0 atom stereocenters. The van der Waals surface area contributed by atoms with E-state index in [-0.39, 0.29) is 0 Å². The van der Waals surface area contributed by atoms with Crippen LogP contribution in [0.5, 0.6) is 0 Å². The standard InChI is InChI=1S/C33H44/c1-3-5-7-9-11-13-17-26-21-22-27-23-24-29-25-28-18-15-16-20-31(28)33(29)32(27)30(26)19-14-12-10-8-6-4-2/h15-16,18,20-24H,3-14,17,19,25H2,1-2H3. The molecular weight excluding hydrogens is 396 g/mol. The summed E-state index contributed by atoms with van der Waals surface area (Å²) < 4.78 is 0. The predicted octanol–water partition coefficient (Wildman–Crippen LogP) is 10.2. The van der Waals surface area contributed by atoms with E-state index in [1.165, 1.54) is 112 Å². The topological polar surface area (TPSA) is 0 Å². The summed E-state index contributed by atoms with van der Waals surface area (Å²) in [7, 11) is 0. The summed E-state index contributed by atoms with van der Waals surface area (Å²) in [6.45, 7) is 4.61. The second kappa shape index (κ2) is 12.4. The third-order valence-electron chi connectivity index (χ3n) is 7.72. The zero-order valence-corrected chi connectivity index (χ0v) is 21.2. The smallest absolute Gasteiger partial charge is 0.00132 e. The predicted molar refractivity (Wildman–Crippen MR) is 146 cm³/mol. The van der Waals surface area contributed by atoms with Crippen LogP contribution in [0.25, 0.3) is 21.9 Å². The molecule has 33 heavy (non-hydrogen) atoms. The van der Waals surface area contributed by atoms with Crippen molar-refractivity contribution in [3.63, 3.8) is 0 Å². The third kappa shape index (κ3) is 5.89. The molecule has 0 saturated carbocycles. The number of aryl methyl sites for hydroxylation is 2. The molecule has 0 aromatic heterocycles. The maximum absolute atomic E-state index is 2.47. The summed E-state index contributed by atoms with van der Waals surface area (Å²) >= 11 is 0. The van der Waals surface area contributed by atoms with E-state index in [2.05, 4.69) is 62.4 Å². The lowest BCUT2D eigenvalue weighted by Crippen LogP contribution is -1.99. The summed E-state index contributed by atoms with van der Waals surface area (Å²) in [5.74, 6) is 0. The molecule has 0 spiro atoms. The van der Waals surface area contributed by atoms with Crippen LogP contribution in [0.15, 0.2) is 48.5 Å². The number of fused-ring (bicyclic) bond motifs is 5. The van der Waals surface area contributed by atoms with Gasteiger partial charge in [0.2, 0.25) is 0 Å². The van der Waals surface area contributed by atoms with Gasteiger partial charge in [-0.3, -0.25) is 0 Å². The average Bonchev–Trinajstić information content (AvgIpc) is 3.23. The summed E-state index contributed by atoms with van der Waals surface area (Å²) in [6, 6.07) is 18.8. The highest BCUT2D eigenvalue weighted by molar-refractivity contribution is 6.03. The first kappa shape index (κ1) is 24.1. The number of hydrogen-bond donors (Lipinski definition) is 0. The van der Waals surface area contributed by atoms with Gasteiger partial charge >= 0.3 is 0 Å². The summed E-state index contributed by atoms with van der Waals surface area (Å²) in [5, 5.41) is 3.02. The fraction of sp³-hybridized carbons (Fsp3) is 0.515. The van der Waals surface area contributed by atoms with Gasteiger partial charge in [0.1, 0.15) is 0 Å². The molecule has 0 fully saturated rings. The molecule has 0 bridgehead atoms. The molecule has 3 aromatic rings. The lowest BCUT2D eigenvalue weighted by Gasteiger charge is -2.17. The molecule has 0 heterocycles. The van der Waals surface area contributed by atoms with Crippen molar-refractivity contribution in [1.82, 2.24) is 0 Å². The van der Waals surface area contributed by atoms with E-state index < -0.39 is 0 Å². The van der Waals surface area contributed by atoms with Crippen LogP contribution >= 0.6 is 0 Å². The Bertz CT molecular complexity index is 1030. The lowest BCUT2D eigenvalue weighted by molar-refractivity contribution is 0.600. The van der Waals surface area contributed by atoms with Gasteiger partial charge in [-0.25, -0.2) is 0 Å². The molecule has 3 aromatic carbocycles. The molecule has 0 heteroatoms. The van der Waals surface area contributed by atoms with Gasteiger partial charge in [0.15, 0.2) is 0 Å². The normalized spacial score (nSPS) is 12.3. The van der Waals surface area contributed by atoms with Gasteiger partial charge < -0.3 is 0 Å². The minimum atomic E-state index is 1.10. The molecule has 0 amide bonds. The van der Waals surface area contributed by atoms with E-state index >= 15 is 0 Å². The highest BCUT2D eigenvalue weighted by Gasteiger charge is 2.22. The van der Waals surface area contributed by atoms with Crippen molar-refractivity contribution in [2.45, 2.75) is 110 Å². The van der Waals surface area contributed by atoms with Crippen LogP contribution in [0.4, 0.5) is 0 Å². The Labute approximate surface area is 202 Å². The highest BCUT2D eigenvalue weighted by atomic mass is 14.3. The van der Waals surface area contributed by atoms with Gasteiger partial charge in [-0.1, -0.05) is 127 Å². The van der Waals surface area contributed by atoms with Gasteiger partial charge in [0, 0.05) is 0 Å². The van der Waals surface area contributed by atoms with E-state index in [1.54, 1.807) is 22.1 Å². The van der Waals surface area contributed by atoms with E-state index in [9.17, 15) is 0 Å². The Kier molecular flexibility index (Phi) is 9.04. The molecule has 0 N–H and O–H groups in total. The van der Waals surface area contributed by atoms with Gasteiger partial charge in [0.05, 0.1) is 0 Å². The average molecular weight is 441 g/mol. The van der Waals surface area contributed by atoms with Gasteiger partial charge in [0.25, 0.3) is 0 Å². The van der Waals surface area contributed by atoms with Crippen molar-refractivity contribution in [1.29, 1.82) is 0 Å². The van der Waals surface area contributed by atoms with Crippen LogP contribution < -0.4 is 0 Å². The first-order valence-corrected chi connectivity index (χ1v) is 14.0. The summed E-state index contributed by atoms with van der Waals surface area (Å²) in [6.07, 6.45) is 20.1. The Morgan fingerprint density at radius 3 is 1.97 bits per heavy atom. The van der Waals surface area contributed by atoms with Crippen LogP contribution in [0.3, 0.4) is 0 Å². The molecule has 0 radical (unpaired) electrons. The molecule has 0 nitrogen and oxygen atoms in total. The van der Waals surface area contributed by atoms with Crippen LogP contribution in [0.1, 0.15) is 113 Å². The molecule has 4 rings (SSSR count). The minimum Gasteiger partial charge on any atom is -0.0654 e. The summed E-state index contributed by atoms with van der Waals surface area (Å²) in [4.78, 5) is 0. The third-order valence-corrected chi connectivity index (χ3v) is 7.72. The van der Waals surface area contributed by atoms with Crippen molar-refractivity contribution in [3.8, 4) is 11.1 Å². The van der Waals surface area contributed by atoms with Gasteiger partial charge in [-0.05, 0) is 76.3 Å². The van der Waals surface area contributed by atoms with E-state index in [0.717, 1.165) is 6.42 Å². The lowest BCUT2D eigenvalue weighted by atomic mass is 9.87. The van der Waals surface area contributed by atoms with Crippen molar-refractivity contribution < 1.29 is 0 Å². The van der Waals surface area contributed by atoms with Crippen LogP contribution in [0.2, 0.25) is 0 Å². The van der Waals surface area contributed by atoms with Crippen LogP contribution in [-0.2, 0) is 19.3 Å². The molecular formula is C33H44. The van der Waals surface area contributed by atoms with Crippen LogP contribution in [-0.4, -0.2) is 0 Å². The number of benzene rings is 3.